The second-order valence-corrected chi connectivity index (χ2v) is 3.85. The molecule has 2 N–H and O–H groups in total. The molecule has 0 spiro atoms. The van der Waals surface area contributed by atoms with Crippen molar-refractivity contribution in [2.24, 2.45) is 5.73 Å². The zero-order valence-electron chi connectivity index (χ0n) is 7.51. The van der Waals surface area contributed by atoms with Gasteiger partial charge in [0.15, 0.2) is 0 Å². The van der Waals surface area contributed by atoms with Gasteiger partial charge in [0.2, 0.25) is 0 Å². The molecule has 1 aromatic carbocycles. The summed E-state index contributed by atoms with van der Waals surface area (Å²) in [6.45, 7) is 2.62. The van der Waals surface area contributed by atoms with Crippen LogP contribution in [0.25, 0.3) is 0 Å². The quantitative estimate of drug-likeness (QED) is 0.690. The fraction of sp³-hybridized carbons (Fsp3) is 0.400. The fourth-order valence-electron chi connectivity index (χ4n) is 1.62. The van der Waals surface area contributed by atoms with E-state index < -0.39 is 0 Å². The third kappa shape index (κ3) is 1.52. The summed E-state index contributed by atoms with van der Waals surface area (Å²) in [5.74, 6) is 0.823. The number of fused-ring (bicyclic) bond motifs is 1. The first-order valence-electron chi connectivity index (χ1n) is 4.35. The van der Waals surface area contributed by atoms with Crippen LogP contribution < -0.4 is 10.5 Å². The Morgan fingerprint density at radius 1 is 1.54 bits per heavy atom. The summed E-state index contributed by atoms with van der Waals surface area (Å²) in [5, 5.41) is 0.688. The number of nitrogens with two attached hydrogens (primary N) is 1. The van der Waals surface area contributed by atoms with E-state index >= 15 is 0 Å². The SMILES string of the molecule is Cc1ccc(Cl)c2c1CC(N)CO2. The van der Waals surface area contributed by atoms with Crippen molar-refractivity contribution in [1.29, 1.82) is 0 Å². The number of aryl methyl sites for hydroxylation is 1. The van der Waals surface area contributed by atoms with Gasteiger partial charge in [-0.3, -0.25) is 0 Å². The van der Waals surface area contributed by atoms with Crippen LogP contribution in [0.2, 0.25) is 5.02 Å². The van der Waals surface area contributed by atoms with E-state index in [1.165, 1.54) is 5.56 Å². The molecule has 1 heterocycles. The third-order valence-corrected chi connectivity index (χ3v) is 2.65. The average Bonchev–Trinajstić information content (AvgIpc) is 2.12. The highest BCUT2D eigenvalue weighted by molar-refractivity contribution is 6.32. The Kier molecular flexibility index (Phi) is 2.18. The molecule has 0 bridgehead atoms. The highest BCUT2D eigenvalue weighted by atomic mass is 35.5. The summed E-state index contributed by atoms with van der Waals surface area (Å²) < 4.78 is 5.49. The molecule has 0 aliphatic carbocycles. The number of rotatable bonds is 0. The van der Waals surface area contributed by atoms with Crippen molar-refractivity contribution < 1.29 is 4.74 Å². The maximum absolute atomic E-state index is 6.00. The van der Waals surface area contributed by atoms with E-state index in [0.717, 1.165) is 17.7 Å². The second kappa shape index (κ2) is 3.20. The van der Waals surface area contributed by atoms with Gasteiger partial charge in [-0.1, -0.05) is 17.7 Å². The molecule has 0 saturated carbocycles. The summed E-state index contributed by atoms with van der Waals surface area (Å²) >= 11 is 6.00. The lowest BCUT2D eigenvalue weighted by molar-refractivity contribution is 0.263. The number of hydrogen-bond acceptors (Lipinski definition) is 2. The zero-order valence-corrected chi connectivity index (χ0v) is 8.27. The molecule has 3 heteroatoms. The lowest BCUT2D eigenvalue weighted by Gasteiger charge is -2.24. The smallest absolute Gasteiger partial charge is 0.141 e. The molecular weight excluding hydrogens is 186 g/mol. The Labute approximate surface area is 82.6 Å². The number of ether oxygens (including phenoxy) is 1. The van der Waals surface area contributed by atoms with Gasteiger partial charge in [0.25, 0.3) is 0 Å². The van der Waals surface area contributed by atoms with Crippen molar-refractivity contribution in [3.8, 4) is 5.75 Å². The zero-order chi connectivity index (χ0) is 9.42. The van der Waals surface area contributed by atoms with Crippen LogP contribution >= 0.6 is 11.6 Å². The van der Waals surface area contributed by atoms with Crippen LogP contribution in [0.3, 0.4) is 0 Å². The Balaban J connectivity index is 2.51. The standard InChI is InChI=1S/C10H12ClNO/c1-6-2-3-9(11)10-8(6)4-7(12)5-13-10/h2-3,7H,4-5,12H2,1H3. The molecule has 1 aliphatic rings. The fourth-order valence-corrected chi connectivity index (χ4v) is 1.85. The van der Waals surface area contributed by atoms with Gasteiger partial charge in [-0.15, -0.1) is 0 Å². The Hall–Kier alpha value is -0.730. The number of halogens is 1. The lowest BCUT2D eigenvalue weighted by Crippen LogP contribution is -2.34. The molecule has 0 amide bonds. The van der Waals surface area contributed by atoms with Gasteiger partial charge in [0.1, 0.15) is 12.4 Å². The van der Waals surface area contributed by atoms with E-state index in [0.29, 0.717) is 11.6 Å². The molecule has 70 valence electrons. The Morgan fingerprint density at radius 3 is 3.08 bits per heavy atom. The Bertz CT molecular complexity index is 338. The largest absolute Gasteiger partial charge is 0.490 e. The van der Waals surface area contributed by atoms with Crippen LogP contribution in [0.1, 0.15) is 11.1 Å². The first-order valence-corrected chi connectivity index (χ1v) is 4.72. The van der Waals surface area contributed by atoms with E-state index in [1.807, 2.05) is 12.1 Å². The molecule has 0 radical (unpaired) electrons. The van der Waals surface area contributed by atoms with Crippen LogP contribution in [0, 0.1) is 6.92 Å². The molecule has 0 fully saturated rings. The minimum absolute atomic E-state index is 0.102. The van der Waals surface area contributed by atoms with E-state index in [-0.39, 0.29) is 6.04 Å². The summed E-state index contributed by atoms with van der Waals surface area (Å²) in [4.78, 5) is 0. The van der Waals surface area contributed by atoms with Crippen molar-refractivity contribution in [2.75, 3.05) is 6.61 Å². The average molecular weight is 198 g/mol. The summed E-state index contributed by atoms with van der Waals surface area (Å²) in [7, 11) is 0. The van der Waals surface area contributed by atoms with E-state index in [2.05, 4.69) is 6.92 Å². The number of benzene rings is 1. The van der Waals surface area contributed by atoms with E-state index in [9.17, 15) is 0 Å². The highest BCUT2D eigenvalue weighted by Gasteiger charge is 2.20. The normalized spacial score (nSPS) is 20.7. The van der Waals surface area contributed by atoms with Crippen molar-refractivity contribution in [3.63, 3.8) is 0 Å². The first-order chi connectivity index (χ1) is 6.18. The summed E-state index contributed by atoms with van der Waals surface area (Å²) in [6.07, 6.45) is 0.863. The highest BCUT2D eigenvalue weighted by Crippen LogP contribution is 2.34. The molecule has 1 aromatic rings. The molecule has 1 aliphatic heterocycles. The van der Waals surface area contributed by atoms with Crippen molar-refractivity contribution in [2.45, 2.75) is 19.4 Å². The van der Waals surface area contributed by atoms with Gasteiger partial charge in [-0.2, -0.15) is 0 Å². The molecule has 1 unspecified atom stereocenters. The minimum Gasteiger partial charge on any atom is -0.490 e. The lowest BCUT2D eigenvalue weighted by atomic mass is 9.98. The van der Waals surface area contributed by atoms with E-state index in [4.69, 9.17) is 22.1 Å². The first kappa shape index (κ1) is 8.85. The second-order valence-electron chi connectivity index (χ2n) is 3.45. The van der Waals surface area contributed by atoms with Crippen molar-refractivity contribution >= 4 is 11.6 Å². The molecule has 2 rings (SSSR count). The van der Waals surface area contributed by atoms with Crippen LogP contribution in [0.15, 0.2) is 12.1 Å². The molecule has 0 aromatic heterocycles. The molecule has 0 saturated heterocycles. The molecule has 2 nitrogen and oxygen atoms in total. The van der Waals surface area contributed by atoms with Crippen LogP contribution in [0.5, 0.6) is 5.75 Å². The van der Waals surface area contributed by atoms with E-state index in [1.54, 1.807) is 0 Å². The van der Waals surface area contributed by atoms with Crippen LogP contribution in [-0.4, -0.2) is 12.6 Å². The predicted molar refractivity (Wildman–Crippen MR) is 53.4 cm³/mol. The molecular formula is C10H12ClNO. The van der Waals surface area contributed by atoms with Gasteiger partial charge in [0.05, 0.1) is 5.02 Å². The van der Waals surface area contributed by atoms with Crippen molar-refractivity contribution in [1.82, 2.24) is 0 Å². The van der Waals surface area contributed by atoms with Crippen molar-refractivity contribution in [3.05, 3.63) is 28.3 Å². The monoisotopic (exact) mass is 197 g/mol. The maximum atomic E-state index is 6.00. The maximum Gasteiger partial charge on any atom is 0.141 e. The van der Waals surface area contributed by atoms with Gasteiger partial charge in [0, 0.05) is 11.6 Å². The van der Waals surface area contributed by atoms with Gasteiger partial charge >= 0.3 is 0 Å². The van der Waals surface area contributed by atoms with Crippen LogP contribution in [-0.2, 0) is 6.42 Å². The molecule has 1 atom stereocenters. The Morgan fingerprint density at radius 2 is 2.31 bits per heavy atom. The van der Waals surface area contributed by atoms with Gasteiger partial charge in [-0.05, 0) is 25.0 Å². The number of hydrogen-bond donors (Lipinski definition) is 1. The predicted octanol–water partition coefficient (Wildman–Crippen LogP) is 1.91. The third-order valence-electron chi connectivity index (χ3n) is 2.35. The molecule has 13 heavy (non-hydrogen) atoms. The van der Waals surface area contributed by atoms with Crippen LogP contribution in [0.4, 0.5) is 0 Å². The summed E-state index contributed by atoms with van der Waals surface area (Å²) in [5.41, 5.74) is 8.16. The summed E-state index contributed by atoms with van der Waals surface area (Å²) in [6, 6.07) is 3.97. The minimum atomic E-state index is 0.102. The van der Waals surface area contributed by atoms with Gasteiger partial charge in [-0.25, -0.2) is 0 Å². The van der Waals surface area contributed by atoms with Gasteiger partial charge < -0.3 is 10.5 Å². The topological polar surface area (TPSA) is 35.2 Å².